The molecule has 0 bridgehead atoms. The van der Waals surface area contributed by atoms with E-state index in [0.29, 0.717) is 32.2 Å². The number of hydrogen-bond acceptors (Lipinski definition) is 4. The third-order valence-electron chi connectivity index (χ3n) is 4.86. The van der Waals surface area contributed by atoms with Crippen molar-refractivity contribution in [2.45, 2.75) is 6.92 Å². The van der Waals surface area contributed by atoms with E-state index in [1.807, 2.05) is 25.1 Å². The summed E-state index contributed by atoms with van der Waals surface area (Å²) in [5.74, 6) is -0.487. The molecule has 1 N–H and O–H groups in total. The van der Waals surface area contributed by atoms with Crippen LogP contribution in [0.5, 0.6) is 5.75 Å². The molecule has 0 saturated carbocycles. The van der Waals surface area contributed by atoms with Crippen LogP contribution in [-0.2, 0) is 4.79 Å². The fraction of sp³-hybridized carbons (Fsp3) is 0.0800. The number of ether oxygens (including phenoxy) is 1. The Hall–Kier alpha value is -3.12. The monoisotopic (exact) mass is 498 g/mol. The molecule has 0 spiro atoms. The number of carbonyl (C=O) groups is 2. The van der Waals surface area contributed by atoms with Crippen LogP contribution in [0, 0.1) is 6.92 Å². The zero-order chi connectivity index (χ0) is 23.5. The molecule has 1 aromatic heterocycles. The molecule has 0 unspecified atom stereocenters. The minimum Gasteiger partial charge on any atom is -0.480 e. The summed E-state index contributed by atoms with van der Waals surface area (Å²) in [6, 6.07) is 18.6. The summed E-state index contributed by atoms with van der Waals surface area (Å²) in [6.07, 6.45) is 0. The number of amides is 1. The first-order valence-electron chi connectivity index (χ1n) is 9.91. The van der Waals surface area contributed by atoms with Crippen LogP contribution in [0.2, 0.25) is 15.1 Å². The number of rotatable bonds is 6. The van der Waals surface area contributed by atoms with Gasteiger partial charge in [0.1, 0.15) is 5.52 Å². The van der Waals surface area contributed by atoms with Crippen molar-refractivity contribution < 1.29 is 14.3 Å². The Morgan fingerprint density at radius 3 is 2.45 bits per heavy atom. The average Bonchev–Trinajstić information content (AvgIpc) is 2.80. The summed E-state index contributed by atoms with van der Waals surface area (Å²) in [6.45, 7) is 1.48. The number of ketones is 1. The summed E-state index contributed by atoms with van der Waals surface area (Å²) < 4.78 is 5.73. The summed E-state index contributed by atoms with van der Waals surface area (Å²) in [4.78, 5) is 30.1. The zero-order valence-electron chi connectivity index (χ0n) is 17.4. The topological polar surface area (TPSA) is 68.3 Å². The van der Waals surface area contributed by atoms with Crippen molar-refractivity contribution in [3.63, 3.8) is 0 Å². The first-order chi connectivity index (χ1) is 15.8. The lowest BCUT2D eigenvalue weighted by molar-refractivity contribution is -0.118. The fourth-order valence-electron chi connectivity index (χ4n) is 3.31. The molecular formula is C25H17Cl3N2O3. The fourth-order valence-corrected chi connectivity index (χ4v) is 4.05. The van der Waals surface area contributed by atoms with E-state index in [2.05, 4.69) is 10.3 Å². The van der Waals surface area contributed by atoms with Crippen LogP contribution in [0.25, 0.3) is 10.9 Å². The van der Waals surface area contributed by atoms with E-state index in [9.17, 15) is 9.59 Å². The Balaban J connectivity index is 1.56. The number of aryl methyl sites for hydroxylation is 1. The number of nitrogens with one attached hydrogen (secondary N) is 1. The van der Waals surface area contributed by atoms with Crippen LogP contribution in [0.1, 0.15) is 21.6 Å². The van der Waals surface area contributed by atoms with Crippen LogP contribution in [0.15, 0.2) is 66.7 Å². The molecule has 0 saturated heterocycles. The SMILES string of the molecule is Cc1ccc2c(Cl)cc(Cl)c(OCC(=O)Nc3ccc(Cl)cc3C(=O)c3ccccc3)c2n1. The smallest absolute Gasteiger partial charge is 0.262 e. The van der Waals surface area contributed by atoms with E-state index in [-0.39, 0.29) is 28.7 Å². The van der Waals surface area contributed by atoms with Crippen LogP contribution in [0.4, 0.5) is 5.69 Å². The Morgan fingerprint density at radius 1 is 0.939 bits per heavy atom. The Morgan fingerprint density at radius 2 is 1.70 bits per heavy atom. The van der Waals surface area contributed by atoms with Gasteiger partial charge in [-0.3, -0.25) is 9.59 Å². The van der Waals surface area contributed by atoms with Crippen molar-refractivity contribution in [3.8, 4) is 5.75 Å². The van der Waals surface area contributed by atoms with Gasteiger partial charge >= 0.3 is 0 Å². The van der Waals surface area contributed by atoms with Crippen LogP contribution < -0.4 is 10.1 Å². The van der Waals surface area contributed by atoms with Crippen molar-refractivity contribution in [3.05, 3.63) is 98.6 Å². The molecule has 4 aromatic rings. The van der Waals surface area contributed by atoms with Gasteiger partial charge in [-0.25, -0.2) is 4.98 Å². The zero-order valence-corrected chi connectivity index (χ0v) is 19.6. The van der Waals surface area contributed by atoms with Gasteiger partial charge in [0.05, 0.1) is 15.7 Å². The molecule has 8 heteroatoms. The Bertz CT molecular complexity index is 1370. The number of halogens is 3. The third kappa shape index (κ3) is 5.11. The number of anilines is 1. The maximum Gasteiger partial charge on any atom is 0.262 e. The van der Waals surface area contributed by atoms with Gasteiger partial charge in [0, 0.05) is 27.2 Å². The molecule has 1 amide bonds. The normalized spacial score (nSPS) is 10.8. The number of benzene rings is 3. The van der Waals surface area contributed by atoms with Gasteiger partial charge in [-0.2, -0.15) is 0 Å². The number of fused-ring (bicyclic) bond motifs is 1. The van der Waals surface area contributed by atoms with Gasteiger partial charge in [0.25, 0.3) is 5.91 Å². The van der Waals surface area contributed by atoms with E-state index in [4.69, 9.17) is 39.5 Å². The molecule has 33 heavy (non-hydrogen) atoms. The van der Waals surface area contributed by atoms with E-state index < -0.39 is 5.91 Å². The second kappa shape index (κ2) is 9.79. The Labute approximate surface area is 205 Å². The van der Waals surface area contributed by atoms with Crippen LogP contribution in [0.3, 0.4) is 0 Å². The standard InChI is InChI=1S/C25H17Cl3N2O3/c1-14-7-9-17-19(27)12-20(28)25(23(17)29-14)33-13-22(31)30-21-10-8-16(26)11-18(21)24(32)15-5-3-2-4-6-15/h2-12H,13H2,1H3,(H,30,31). The van der Waals surface area contributed by atoms with E-state index in [1.54, 1.807) is 42.5 Å². The molecule has 0 aliphatic heterocycles. The van der Waals surface area contributed by atoms with Gasteiger partial charge in [0.15, 0.2) is 18.1 Å². The number of pyridine rings is 1. The highest BCUT2D eigenvalue weighted by Gasteiger charge is 2.18. The molecule has 0 aliphatic rings. The summed E-state index contributed by atoms with van der Waals surface area (Å²) in [7, 11) is 0. The van der Waals surface area contributed by atoms with Gasteiger partial charge in [-0.15, -0.1) is 0 Å². The lowest BCUT2D eigenvalue weighted by Crippen LogP contribution is -2.22. The van der Waals surface area contributed by atoms with Gasteiger partial charge in [-0.05, 0) is 43.3 Å². The quantitative estimate of drug-likeness (QED) is 0.298. The van der Waals surface area contributed by atoms with Gasteiger partial charge in [-0.1, -0.05) is 65.1 Å². The summed E-state index contributed by atoms with van der Waals surface area (Å²) >= 11 is 18.7. The van der Waals surface area contributed by atoms with Crippen molar-refractivity contribution >= 4 is 63.1 Å². The first-order valence-corrected chi connectivity index (χ1v) is 11.0. The van der Waals surface area contributed by atoms with Gasteiger partial charge in [0.2, 0.25) is 0 Å². The van der Waals surface area contributed by atoms with Crippen LogP contribution in [-0.4, -0.2) is 23.3 Å². The number of carbonyl (C=O) groups excluding carboxylic acids is 2. The average molecular weight is 500 g/mol. The van der Waals surface area contributed by atoms with E-state index in [0.717, 1.165) is 5.69 Å². The third-order valence-corrected chi connectivity index (χ3v) is 5.69. The molecule has 5 nitrogen and oxygen atoms in total. The number of hydrogen-bond donors (Lipinski definition) is 1. The summed E-state index contributed by atoms with van der Waals surface area (Å²) in [5.41, 5.74) is 2.29. The minimum atomic E-state index is -0.480. The molecular weight excluding hydrogens is 483 g/mol. The number of nitrogens with zero attached hydrogens (tertiary/aromatic N) is 1. The lowest BCUT2D eigenvalue weighted by Gasteiger charge is -2.14. The highest BCUT2D eigenvalue weighted by atomic mass is 35.5. The minimum absolute atomic E-state index is 0.241. The molecule has 0 fully saturated rings. The predicted molar refractivity (Wildman–Crippen MR) is 132 cm³/mol. The maximum atomic E-state index is 13.0. The highest BCUT2D eigenvalue weighted by Crippen LogP contribution is 2.37. The highest BCUT2D eigenvalue weighted by molar-refractivity contribution is 6.39. The number of aromatic nitrogens is 1. The van der Waals surface area contributed by atoms with Crippen molar-refractivity contribution in [1.82, 2.24) is 4.98 Å². The molecule has 4 rings (SSSR count). The molecule has 1 heterocycles. The molecule has 3 aromatic carbocycles. The molecule has 0 radical (unpaired) electrons. The lowest BCUT2D eigenvalue weighted by atomic mass is 10.0. The second-order valence-electron chi connectivity index (χ2n) is 7.24. The van der Waals surface area contributed by atoms with Crippen molar-refractivity contribution in [1.29, 1.82) is 0 Å². The molecule has 0 aliphatic carbocycles. The summed E-state index contributed by atoms with van der Waals surface area (Å²) in [5, 5.41) is 4.43. The predicted octanol–water partition coefficient (Wildman–Crippen LogP) is 6.75. The van der Waals surface area contributed by atoms with E-state index in [1.165, 1.54) is 6.07 Å². The largest absolute Gasteiger partial charge is 0.480 e. The molecule has 166 valence electrons. The first kappa shape index (κ1) is 23.1. The Kier molecular flexibility index (Phi) is 6.84. The second-order valence-corrected chi connectivity index (χ2v) is 8.49. The van der Waals surface area contributed by atoms with Gasteiger partial charge < -0.3 is 10.1 Å². The van der Waals surface area contributed by atoms with Crippen molar-refractivity contribution in [2.75, 3.05) is 11.9 Å². The van der Waals surface area contributed by atoms with E-state index >= 15 is 0 Å². The van der Waals surface area contributed by atoms with Crippen molar-refractivity contribution in [2.24, 2.45) is 0 Å². The maximum absolute atomic E-state index is 13.0. The molecule has 0 atom stereocenters. The van der Waals surface area contributed by atoms with Crippen LogP contribution >= 0.6 is 34.8 Å².